The molecule has 0 bridgehead atoms. The SMILES string of the molecule is Cc1ccc(C(C)(C)N2CCC(CCc3ccc(F)s3)(C3(C)C=C(Oc4ccccc4)N3)C2)cn1. The van der Waals surface area contributed by atoms with E-state index in [4.69, 9.17) is 4.74 Å². The maximum absolute atomic E-state index is 13.7. The number of thiophene rings is 1. The van der Waals surface area contributed by atoms with Crippen LogP contribution < -0.4 is 10.1 Å². The number of hydrogen-bond donors (Lipinski definition) is 1. The number of nitrogens with one attached hydrogen (secondary N) is 1. The zero-order valence-electron chi connectivity index (χ0n) is 21.0. The Morgan fingerprint density at radius 2 is 1.91 bits per heavy atom. The number of ether oxygens (including phenoxy) is 1. The van der Waals surface area contributed by atoms with Crippen LogP contribution in [0.1, 0.15) is 49.7 Å². The molecule has 1 N–H and O–H groups in total. The van der Waals surface area contributed by atoms with Crippen molar-refractivity contribution < 1.29 is 9.13 Å². The van der Waals surface area contributed by atoms with Crippen LogP contribution >= 0.6 is 11.3 Å². The van der Waals surface area contributed by atoms with Crippen LogP contribution in [0.4, 0.5) is 4.39 Å². The number of pyridine rings is 1. The highest BCUT2D eigenvalue weighted by Gasteiger charge is 2.56. The van der Waals surface area contributed by atoms with Gasteiger partial charge in [-0.2, -0.15) is 4.39 Å². The van der Waals surface area contributed by atoms with E-state index in [1.165, 1.54) is 16.9 Å². The minimum Gasteiger partial charge on any atom is -0.442 e. The van der Waals surface area contributed by atoms with Gasteiger partial charge >= 0.3 is 0 Å². The van der Waals surface area contributed by atoms with E-state index in [1.54, 1.807) is 6.07 Å². The molecule has 184 valence electrons. The lowest BCUT2D eigenvalue weighted by Crippen LogP contribution is -2.62. The number of nitrogens with zero attached hydrogens (tertiary/aromatic N) is 2. The quantitative estimate of drug-likeness (QED) is 0.394. The molecular weight excluding hydrogens is 457 g/mol. The van der Waals surface area contributed by atoms with Gasteiger partial charge in [-0.3, -0.25) is 9.88 Å². The third-order valence-electron chi connectivity index (χ3n) is 8.12. The molecule has 0 amide bonds. The molecule has 2 aromatic heterocycles. The highest BCUT2D eigenvalue weighted by Crippen LogP contribution is 2.51. The van der Waals surface area contributed by atoms with Gasteiger partial charge in [-0.05, 0) is 89.4 Å². The number of aromatic nitrogens is 1. The Kier molecular flexibility index (Phi) is 6.22. The van der Waals surface area contributed by atoms with Gasteiger partial charge in [-0.15, -0.1) is 11.3 Å². The number of likely N-dealkylation sites (tertiary alicyclic amines) is 1. The smallest absolute Gasteiger partial charge is 0.192 e. The van der Waals surface area contributed by atoms with Crippen molar-refractivity contribution in [1.29, 1.82) is 0 Å². The first kappa shape index (κ1) is 24.0. The average molecular weight is 492 g/mol. The van der Waals surface area contributed by atoms with E-state index < -0.39 is 0 Å². The van der Waals surface area contributed by atoms with Gasteiger partial charge in [0.15, 0.2) is 11.0 Å². The van der Waals surface area contributed by atoms with Gasteiger partial charge in [0.1, 0.15) is 5.75 Å². The summed E-state index contributed by atoms with van der Waals surface area (Å²) in [5.41, 5.74) is 1.92. The van der Waals surface area contributed by atoms with Crippen LogP contribution in [0.15, 0.2) is 72.8 Å². The fraction of sp³-hybridized carbons (Fsp3) is 0.414. The lowest BCUT2D eigenvalue weighted by atomic mass is 9.64. The first-order valence-electron chi connectivity index (χ1n) is 12.4. The molecule has 0 aliphatic carbocycles. The molecule has 1 saturated heterocycles. The van der Waals surface area contributed by atoms with Crippen molar-refractivity contribution in [3.8, 4) is 5.75 Å². The molecule has 2 aliphatic heterocycles. The Bertz CT molecular complexity index is 1210. The number of hydrogen-bond acceptors (Lipinski definition) is 5. The van der Waals surface area contributed by atoms with Gasteiger partial charge < -0.3 is 10.1 Å². The Morgan fingerprint density at radius 1 is 1.14 bits per heavy atom. The first-order valence-corrected chi connectivity index (χ1v) is 13.2. The minimum atomic E-state index is -0.205. The van der Waals surface area contributed by atoms with E-state index in [9.17, 15) is 4.39 Å². The highest BCUT2D eigenvalue weighted by molar-refractivity contribution is 7.10. The fourth-order valence-corrected chi connectivity index (χ4v) is 6.29. The summed E-state index contributed by atoms with van der Waals surface area (Å²) in [6.45, 7) is 10.8. The van der Waals surface area contributed by atoms with Crippen molar-refractivity contribution in [2.45, 2.75) is 58.0 Å². The Hall–Kier alpha value is -2.70. The Labute approximate surface area is 211 Å². The normalized spacial score (nSPS) is 24.5. The van der Waals surface area contributed by atoms with Crippen molar-refractivity contribution in [3.63, 3.8) is 0 Å². The Balaban J connectivity index is 1.40. The number of benzene rings is 1. The summed E-state index contributed by atoms with van der Waals surface area (Å²) >= 11 is 1.26. The van der Waals surface area contributed by atoms with Crippen molar-refractivity contribution in [1.82, 2.24) is 15.2 Å². The molecule has 4 heterocycles. The zero-order valence-corrected chi connectivity index (χ0v) is 21.8. The van der Waals surface area contributed by atoms with E-state index in [1.807, 2.05) is 49.5 Å². The van der Waals surface area contributed by atoms with Crippen LogP contribution in [0.5, 0.6) is 5.75 Å². The van der Waals surface area contributed by atoms with E-state index in [0.717, 1.165) is 54.6 Å². The van der Waals surface area contributed by atoms with Gasteiger partial charge in [0, 0.05) is 40.3 Å². The molecule has 4 nitrogen and oxygen atoms in total. The monoisotopic (exact) mass is 491 g/mol. The second-order valence-electron chi connectivity index (χ2n) is 10.7. The maximum Gasteiger partial charge on any atom is 0.192 e. The molecular formula is C29H34FN3OS. The van der Waals surface area contributed by atoms with Crippen LogP contribution in [-0.4, -0.2) is 28.5 Å². The van der Waals surface area contributed by atoms with Crippen LogP contribution in [0, 0.1) is 17.5 Å². The van der Waals surface area contributed by atoms with Crippen LogP contribution in [0.3, 0.4) is 0 Å². The van der Waals surface area contributed by atoms with E-state index in [-0.39, 0.29) is 21.6 Å². The predicted octanol–water partition coefficient (Wildman–Crippen LogP) is 6.43. The summed E-state index contributed by atoms with van der Waals surface area (Å²) in [6.07, 6.45) is 7.17. The number of para-hydroxylation sites is 1. The molecule has 2 aliphatic rings. The molecule has 1 aromatic carbocycles. The predicted molar refractivity (Wildman–Crippen MR) is 140 cm³/mol. The second-order valence-corrected chi connectivity index (χ2v) is 11.8. The summed E-state index contributed by atoms with van der Waals surface area (Å²) in [4.78, 5) is 8.25. The summed E-state index contributed by atoms with van der Waals surface area (Å²) < 4.78 is 19.8. The molecule has 2 unspecified atom stereocenters. The molecule has 35 heavy (non-hydrogen) atoms. The average Bonchev–Trinajstić information content (AvgIpc) is 3.45. The summed E-state index contributed by atoms with van der Waals surface area (Å²) in [5.74, 6) is 1.64. The molecule has 1 fully saturated rings. The molecule has 2 atom stereocenters. The van der Waals surface area contributed by atoms with E-state index >= 15 is 0 Å². The standard InChI is InChI=1S/C29H34FN3OS/c1-21-10-11-22(19-31-21)27(2,3)33-17-16-29(20-33,15-14-24-12-13-25(30)35-24)28(4)18-26(32-28)34-23-8-6-5-7-9-23/h5-13,18-19,32H,14-17,20H2,1-4H3. The zero-order chi connectivity index (χ0) is 24.7. The van der Waals surface area contributed by atoms with Crippen molar-refractivity contribution >= 4 is 11.3 Å². The van der Waals surface area contributed by atoms with Gasteiger partial charge in [0.05, 0.1) is 5.54 Å². The molecule has 5 rings (SSSR count). The maximum atomic E-state index is 13.7. The Morgan fingerprint density at radius 3 is 2.57 bits per heavy atom. The lowest BCUT2D eigenvalue weighted by molar-refractivity contribution is 0.0683. The van der Waals surface area contributed by atoms with Gasteiger partial charge in [-0.25, -0.2) is 0 Å². The molecule has 3 aromatic rings. The van der Waals surface area contributed by atoms with Crippen molar-refractivity contribution in [2.75, 3.05) is 13.1 Å². The van der Waals surface area contributed by atoms with Crippen molar-refractivity contribution in [3.05, 3.63) is 94.0 Å². The van der Waals surface area contributed by atoms with Crippen LogP contribution in [0.25, 0.3) is 0 Å². The van der Waals surface area contributed by atoms with E-state index in [2.05, 4.69) is 54.2 Å². The molecule has 0 spiro atoms. The number of rotatable bonds is 8. The third-order valence-corrected chi connectivity index (χ3v) is 9.05. The van der Waals surface area contributed by atoms with Gasteiger partial charge in [0.25, 0.3) is 0 Å². The number of halogens is 1. The van der Waals surface area contributed by atoms with Crippen molar-refractivity contribution in [2.24, 2.45) is 5.41 Å². The van der Waals surface area contributed by atoms with Crippen LogP contribution in [0.2, 0.25) is 0 Å². The first-order chi connectivity index (χ1) is 16.7. The van der Waals surface area contributed by atoms with Crippen LogP contribution in [-0.2, 0) is 12.0 Å². The third kappa shape index (κ3) is 4.62. The number of aryl methyl sites for hydroxylation is 2. The lowest BCUT2D eigenvalue weighted by Gasteiger charge is -2.52. The summed E-state index contributed by atoms with van der Waals surface area (Å²) in [6, 6.07) is 17.7. The molecule has 0 saturated carbocycles. The van der Waals surface area contributed by atoms with Gasteiger partial charge in [-0.1, -0.05) is 24.3 Å². The minimum absolute atomic E-state index is 0.00753. The molecule has 6 heteroatoms. The summed E-state index contributed by atoms with van der Waals surface area (Å²) in [5, 5.41) is 3.57. The second kappa shape index (κ2) is 9.07. The summed E-state index contributed by atoms with van der Waals surface area (Å²) in [7, 11) is 0. The molecule has 0 radical (unpaired) electrons. The highest BCUT2D eigenvalue weighted by atomic mass is 32.1. The largest absolute Gasteiger partial charge is 0.442 e. The topological polar surface area (TPSA) is 37.4 Å². The van der Waals surface area contributed by atoms with Gasteiger partial charge in [0.2, 0.25) is 0 Å². The van der Waals surface area contributed by atoms with E-state index in [0.29, 0.717) is 0 Å². The fourth-order valence-electron chi connectivity index (χ4n) is 5.57.